The van der Waals surface area contributed by atoms with E-state index in [0.717, 1.165) is 56.8 Å². The summed E-state index contributed by atoms with van der Waals surface area (Å²) >= 11 is 0. The molecule has 3 N–H and O–H groups in total. The number of ether oxygens (including phenoxy) is 2. The van der Waals surface area contributed by atoms with Crippen LogP contribution < -0.4 is 25.4 Å². The van der Waals surface area contributed by atoms with Crippen LogP contribution in [0.3, 0.4) is 0 Å². The van der Waals surface area contributed by atoms with Crippen molar-refractivity contribution in [1.29, 1.82) is 0 Å². The largest absolute Gasteiger partial charge is 0.472 e. The van der Waals surface area contributed by atoms with Gasteiger partial charge in [0.2, 0.25) is 5.88 Å². The van der Waals surface area contributed by atoms with Crippen molar-refractivity contribution in [3.05, 3.63) is 35.2 Å². The number of anilines is 2. The number of halogens is 4. The van der Waals surface area contributed by atoms with Gasteiger partial charge in [0, 0.05) is 25.2 Å². The molecular weight excluding hydrogens is 592 g/mol. The lowest BCUT2D eigenvalue weighted by Gasteiger charge is -2.42. The quantitative estimate of drug-likeness (QED) is 0.319. The van der Waals surface area contributed by atoms with Gasteiger partial charge in [-0.15, -0.1) is 0 Å². The molecule has 3 aromatic rings. The van der Waals surface area contributed by atoms with Crippen molar-refractivity contribution in [3.63, 3.8) is 0 Å². The van der Waals surface area contributed by atoms with Crippen LogP contribution in [0.4, 0.5) is 29.2 Å². The summed E-state index contributed by atoms with van der Waals surface area (Å²) in [5, 5.41) is 3.84. The highest BCUT2D eigenvalue weighted by Gasteiger charge is 2.49. The van der Waals surface area contributed by atoms with Gasteiger partial charge < -0.3 is 25.4 Å². The number of alkyl halides is 3. The Morgan fingerprint density at radius 1 is 1.20 bits per heavy atom. The number of nitrogens with zero attached hydrogens (tertiary/aromatic N) is 6. The number of nitrogens with two attached hydrogens (primary N) is 1. The van der Waals surface area contributed by atoms with Crippen LogP contribution in [0, 0.1) is 12.7 Å². The highest BCUT2D eigenvalue weighted by Crippen LogP contribution is 2.47. The van der Waals surface area contributed by atoms with Gasteiger partial charge in [0.05, 0.1) is 17.1 Å². The first-order valence-corrected chi connectivity index (χ1v) is 15.4. The van der Waals surface area contributed by atoms with Gasteiger partial charge in [-0.25, -0.2) is 14.4 Å². The van der Waals surface area contributed by atoms with Gasteiger partial charge in [-0.2, -0.15) is 23.1 Å². The standard InChI is InChI=1S/C31H34F4N8O2/c1-14-10-30(7-4-8-42(30)11-14)13-44-29-40-23-20-27(41-29)43-12-17-5-6-18(37-17)26(43)16(3)45-28(20)39-25(22(23)32)24-21(31(33,34)35)15(2)9-19(36)38-24/h9,16-18,26,37H,1,4-8,10-13H2,2-3H3,(H2,36,38)/t16-,17+,18-,26+,30-/m0/s1. The van der Waals surface area contributed by atoms with Crippen molar-refractivity contribution in [1.82, 2.24) is 30.2 Å². The SMILES string of the molecule is C=C1CN2CCC[C@@]2(COc2nc3c4c(nc(-c5nc(N)cc(C)c5C(F)(F)F)c(F)c4n2)O[C@@H](C)[C@@H]2[C@@H]4CC[C@H](CN32)N4)C1. The molecule has 2 bridgehead atoms. The van der Waals surface area contributed by atoms with Gasteiger partial charge in [0.25, 0.3) is 0 Å². The number of rotatable bonds is 4. The summed E-state index contributed by atoms with van der Waals surface area (Å²) < 4.78 is 72.5. The van der Waals surface area contributed by atoms with Crippen LogP contribution in [0.1, 0.15) is 50.2 Å². The first-order chi connectivity index (χ1) is 21.4. The summed E-state index contributed by atoms with van der Waals surface area (Å²) in [6, 6.07) is 1.16. The maximum atomic E-state index is 16.7. The summed E-state index contributed by atoms with van der Waals surface area (Å²) in [6.45, 7) is 9.94. The van der Waals surface area contributed by atoms with Gasteiger partial charge >= 0.3 is 12.2 Å². The number of aromatic nitrogens is 4. The molecule has 0 saturated carbocycles. The van der Waals surface area contributed by atoms with Crippen LogP contribution in [0.2, 0.25) is 0 Å². The van der Waals surface area contributed by atoms with Crippen LogP contribution >= 0.6 is 0 Å². The molecule has 0 amide bonds. The molecule has 8 heterocycles. The van der Waals surface area contributed by atoms with Crippen LogP contribution in [0.5, 0.6) is 11.9 Å². The Morgan fingerprint density at radius 2 is 2.02 bits per heavy atom. The summed E-state index contributed by atoms with van der Waals surface area (Å²) in [6.07, 6.45) is -0.666. The van der Waals surface area contributed by atoms with Crippen molar-refractivity contribution in [2.45, 2.75) is 81.9 Å². The predicted molar refractivity (Wildman–Crippen MR) is 159 cm³/mol. The zero-order chi connectivity index (χ0) is 31.4. The molecule has 0 spiro atoms. The highest BCUT2D eigenvalue weighted by molar-refractivity contribution is 5.97. The van der Waals surface area contributed by atoms with Gasteiger partial charge in [0.15, 0.2) is 5.82 Å². The Morgan fingerprint density at radius 3 is 2.82 bits per heavy atom. The van der Waals surface area contributed by atoms with Crippen LogP contribution in [0.25, 0.3) is 22.3 Å². The van der Waals surface area contributed by atoms with E-state index in [1.807, 2.05) is 6.92 Å². The zero-order valence-corrected chi connectivity index (χ0v) is 25.0. The van der Waals surface area contributed by atoms with Crippen molar-refractivity contribution in [2.24, 2.45) is 0 Å². The van der Waals surface area contributed by atoms with Gasteiger partial charge in [0.1, 0.15) is 46.6 Å². The van der Waals surface area contributed by atoms with Crippen molar-refractivity contribution in [2.75, 3.05) is 36.9 Å². The first-order valence-electron chi connectivity index (χ1n) is 15.4. The third kappa shape index (κ3) is 4.43. The second-order valence-electron chi connectivity index (χ2n) is 13.2. The average molecular weight is 627 g/mol. The molecule has 4 fully saturated rings. The monoisotopic (exact) mass is 626 g/mol. The molecule has 0 radical (unpaired) electrons. The normalized spacial score (nSPS) is 29.1. The molecule has 238 valence electrons. The smallest absolute Gasteiger partial charge is 0.418 e. The number of aryl methyl sites for hydroxylation is 1. The van der Waals surface area contributed by atoms with E-state index in [1.54, 1.807) is 0 Å². The fourth-order valence-electron chi connectivity index (χ4n) is 8.38. The molecule has 3 aromatic heterocycles. The summed E-state index contributed by atoms with van der Waals surface area (Å²) in [4.78, 5) is 22.1. The molecule has 5 atom stereocenters. The molecule has 0 aromatic carbocycles. The Labute approximate surface area is 257 Å². The molecule has 45 heavy (non-hydrogen) atoms. The molecule has 5 aliphatic rings. The fourth-order valence-corrected chi connectivity index (χ4v) is 8.38. The molecule has 4 saturated heterocycles. The highest BCUT2D eigenvalue weighted by atomic mass is 19.4. The number of nitrogens with one attached hydrogen (secondary N) is 1. The number of nitrogen functional groups attached to an aromatic ring is 1. The average Bonchev–Trinajstić information content (AvgIpc) is 3.60. The lowest BCUT2D eigenvalue weighted by Crippen LogP contribution is -2.62. The number of piperazine rings is 1. The fraction of sp³-hybridized carbons (Fsp3) is 0.548. The van der Waals surface area contributed by atoms with E-state index in [1.165, 1.54) is 6.92 Å². The van der Waals surface area contributed by atoms with E-state index in [-0.39, 0.29) is 64.4 Å². The summed E-state index contributed by atoms with van der Waals surface area (Å²) in [5.41, 5.74) is 3.86. The lowest BCUT2D eigenvalue weighted by molar-refractivity contribution is -0.137. The second-order valence-corrected chi connectivity index (χ2v) is 13.2. The van der Waals surface area contributed by atoms with Crippen molar-refractivity contribution < 1.29 is 27.0 Å². The van der Waals surface area contributed by atoms with E-state index in [0.29, 0.717) is 12.4 Å². The first kappa shape index (κ1) is 28.7. The van der Waals surface area contributed by atoms with Gasteiger partial charge in [-0.3, -0.25) is 4.90 Å². The maximum Gasteiger partial charge on any atom is 0.418 e. The molecular formula is C31H34F4N8O2. The number of pyridine rings is 2. The second kappa shape index (κ2) is 9.86. The molecule has 5 aliphatic heterocycles. The Kier molecular flexibility index (Phi) is 6.28. The minimum Gasteiger partial charge on any atom is -0.472 e. The Bertz CT molecular complexity index is 1750. The molecule has 14 heteroatoms. The van der Waals surface area contributed by atoms with Crippen LogP contribution in [-0.4, -0.2) is 80.8 Å². The maximum absolute atomic E-state index is 16.7. The molecule has 0 aliphatic carbocycles. The van der Waals surface area contributed by atoms with Crippen LogP contribution in [0.15, 0.2) is 18.2 Å². The third-order valence-corrected chi connectivity index (χ3v) is 10.2. The van der Waals surface area contributed by atoms with E-state index in [2.05, 4.69) is 36.6 Å². The number of fused-ring (bicyclic) bond motifs is 6. The summed E-state index contributed by atoms with van der Waals surface area (Å²) in [7, 11) is 0. The van der Waals surface area contributed by atoms with E-state index in [4.69, 9.17) is 20.2 Å². The molecule has 10 nitrogen and oxygen atoms in total. The molecule has 0 unspecified atom stereocenters. The zero-order valence-electron chi connectivity index (χ0n) is 25.0. The van der Waals surface area contributed by atoms with Crippen molar-refractivity contribution >= 4 is 22.5 Å². The lowest BCUT2D eigenvalue weighted by atomic mass is 9.94. The Hall–Kier alpha value is -3.78. The van der Waals surface area contributed by atoms with Crippen molar-refractivity contribution in [3.8, 4) is 23.3 Å². The minimum atomic E-state index is -4.85. The summed E-state index contributed by atoms with van der Waals surface area (Å²) in [5.74, 6) is -0.918. The number of hydrogen-bond donors (Lipinski definition) is 2. The van der Waals surface area contributed by atoms with Crippen LogP contribution in [-0.2, 0) is 6.18 Å². The number of hydrogen-bond acceptors (Lipinski definition) is 10. The van der Waals surface area contributed by atoms with E-state index < -0.39 is 35.0 Å². The van der Waals surface area contributed by atoms with Gasteiger partial charge in [-0.1, -0.05) is 12.2 Å². The van der Waals surface area contributed by atoms with Gasteiger partial charge in [-0.05, 0) is 64.1 Å². The predicted octanol–water partition coefficient (Wildman–Crippen LogP) is 4.40. The van der Waals surface area contributed by atoms with E-state index in [9.17, 15) is 13.2 Å². The third-order valence-electron chi connectivity index (χ3n) is 10.2. The Balaban J connectivity index is 1.33. The van der Waals surface area contributed by atoms with E-state index >= 15 is 4.39 Å². The topological polar surface area (TPSA) is 115 Å². The minimum absolute atomic E-state index is 0.0508. The molecule has 8 rings (SSSR count).